The fraction of sp³-hybridized carbons (Fsp3) is 0.400. The molecule has 0 saturated carbocycles. The molecule has 0 bridgehead atoms. The van der Waals surface area contributed by atoms with E-state index in [0.29, 0.717) is 13.0 Å². The highest BCUT2D eigenvalue weighted by atomic mass is 19.1. The smallest absolute Gasteiger partial charge is 0.190 e. The number of methoxy groups -OCH3 is 1. The maximum absolute atomic E-state index is 13.2. The van der Waals surface area contributed by atoms with Gasteiger partial charge in [0.1, 0.15) is 5.75 Å². The van der Waals surface area contributed by atoms with Crippen LogP contribution < -0.4 is 9.47 Å². The summed E-state index contributed by atoms with van der Waals surface area (Å²) in [5, 5.41) is 0. The van der Waals surface area contributed by atoms with Crippen LogP contribution in [0.5, 0.6) is 11.5 Å². The minimum Gasteiger partial charge on any atom is -0.497 e. The summed E-state index contributed by atoms with van der Waals surface area (Å²) < 4.78 is 36.0. The molecule has 1 aromatic rings. The van der Waals surface area contributed by atoms with E-state index in [-0.39, 0.29) is 11.5 Å². The Balaban J connectivity index is 2.93. The van der Waals surface area contributed by atoms with Crippen LogP contribution in [-0.4, -0.2) is 13.7 Å². The van der Waals surface area contributed by atoms with E-state index < -0.39 is 11.6 Å². The van der Waals surface area contributed by atoms with Gasteiger partial charge in [0.2, 0.25) is 0 Å². The van der Waals surface area contributed by atoms with E-state index in [0.717, 1.165) is 12.1 Å². The normalized spacial score (nSPS) is 10.0. The number of hydrogen-bond acceptors (Lipinski definition) is 2. The molecule has 0 radical (unpaired) electrons. The first-order chi connectivity index (χ1) is 6.69. The van der Waals surface area contributed by atoms with Gasteiger partial charge in [-0.3, -0.25) is 0 Å². The summed E-state index contributed by atoms with van der Waals surface area (Å²) in [6, 6.07) is 2.18. The third kappa shape index (κ3) is 2.34. The Morgan fingerprint density at radius 2 is 1.79 bits per heavy atom. The zero-order valence-corrected chi connectivity index (χ0v) is 8.14. The lowest BCUT2D eigenvalue weighted by Crippen LogP contribution is -2.00. The number of hydrogen-bond donors (Lipinski definition) is 0. The number of halogens is 2. The van der Waals surface area contributed by atoms with E-state index in [2.05, 4.69) is 0 Å². The summed E-state index contributed by atoms with van der Waals surface area (Å²) >= 11 is 0. The lowest BCUT2D eigenvalue weighted by molar-refractivity contribution is 0.282. The van der Waals surface area contributed by atoms with E-state index in [4.69, 9.17) is 9.47 Å². The highest BCUT2D eigenvalue weighted by molar-refractivity contribution is 5.34. The molecule has 2 nitrogen and oxygen atoms in total. The largest absolute Gasteiger partial charge is 0.497 e. The Bertz CT molecular complexity index is 290. The van der Waals surface area contributed by atoms with Gasteiger partial charge in [-0.25, -0.2) is 8.78 Å². The van der Waals surface area contributed by atoms with Crippen LogP contribution in [0.4, 0.5) is 8.78 Å². The fourth-order valence-corrected chi connectivity index (χ4v) is 0.996. The molecule has 4 heteroatoms. The second-order valence-corrected chi connectivity index (χ2v) is 2.77. The topological polar surface area (TPSA) is 18.5 Å². The van der Waals surface area contributed by atoms with Crippen molar-refractivity contribution in [1.82, 2.24) is 0 Å². The third-order valence-corrected chi connectivity index (χ3v) is 1.66. The molecule has 0 spiro atoms. The van der Waals surface area contributed by atoms with E-state index in [1.54, 1.807) is 0 Å². The second kappa shape index (κ2) is 4.79. The Kier molecular flexibility index (Phi) is 3.68. The zero-order valence-electron chi connectivity index (χ0n) is 8.14. The van der Waals surface area contributed by atoms with Crippen LogP contribution in [0.1, 0.15) is 13.3 Å². The summed E-state index contributed by atoms with van der Waals surface area (Å²) in [7, 11) is 1.35. The van der Waals surface area contributed by atoms with Gasteiger partial charge in [-0.05, 0) is 6.42 Å². The van der Waals surface area contributed by atoms with Crippen molar-refractivity contribution in [2.45, 2.75) is 13.3 Å². The van der Waals surface area contributed by atoms with Gasteiger partial charge in [-0.2, -0.15) is 0 Å². The quantitative estimate of drug-likeness (QED) is 0.747. The summed E-state index contributed by atoms with van der Waals surface area (Å²) in [5.74, 6) is -1.68. The van der Waals surface area contributed by atoms with Crippen molar-refractivity contribution < 1.29 is 18.3 Å². The molecule has 78 valence electrons. The molecule has 0 unspecified atom stereocenters. The average molecular weight is 202 g/mol. The number of ether oxygens (including phenoxy) is 2. The van der Waals surface area contributed by atoms with Gasteiger partial charge >= 0.3 is 0 Å². The minimum atomic E-state index is -0.740. The Morgan fingerprint density at radius 3 is 2.21 bits per heavy atom. The maximum Gasteiger partial charge on any atom is 0.190 e. The summed E-state index contributed by atoms with van der Waals surface area (Å²) in [6.45, 7) is 2.15. The van der Waals surface area contributed by atoms with Crippen LogP contribution >= 0.6 is 0 Å². The molecule has 0 amide bonds. The van der Waals surface area contributed by atoms with Crippen LogP contribution in [0.25, 0.3) is 0 Å². The van der Waals surface area contributed by atoms with Gasteiger partial charge in [0.25, 0.3) is 0 Å². The molecule has 0 aliphatic heterocycles. The zero-order chi connectivity index (χ0) is 10.6. The van der Waals surface area contributed by atoms with Crippen molar-refractivity contribution in [2.24, 2.45) is 0 Å². The predicted molar refractivity (Wildman–Crippen MR) is 48.7 cm³/mol. The first-order valence-corrected chi connectivity index (χ1v) is 4.34. The van der Waals surface area contributed by atoms with Crippen LogP contribution in [0.15, 0.2) is 12.1 Å². The molecule has 0 aliphatic carbocycles. The molecule has 0 aliphatic rings. The van der Waals surface area contributed by atoms with Gasteiger partial charge < -0.3 is 9.47 Å². The van der Waals surface area contributed by atoms with Gasteiger partial charge in [0, 0.05) is 12.1 Å². The highest BCUT2D eigenvalue weighted by Crippen LogP contribution is 2.26. The molecule has 0 N–H and O–H groups in total. The first kappa shape index (κ1) is 10.8. The van der Waals surface area contributed by atoms with E-state index in [1.807, 2.05) is 6.92 Å². The maximum atomic E-state index is 13.2. The van der Waals surface area contributed by atoms with Crippen LogP contribution in [0, 0.1) is 11.6 Å². The summed E-state index contributed by atoms with van der Waals surface area (Å²) in [4.78, 5) is 0. The van der Waals surface area contributed by atoms with Crippen molar-refractivity contribution in [2.75, 3.05) is 13.7 Å². The van der Waals surface area contributed by atoms with Crippen molar-refractivity contribution in [3.63, 3.8) is 0 Å². The third-order valence-electron chi connectivity index (χ3n) is 1.66. The van der Waals surface area contributed by atoms with E-state index >= 15 is 0 Å². The fourth-order valence-electron chi connectivity index (χ4n) is 0.996. The second-order valence-electron chi connectivity index (χ2n) is 2.77. The SMILES string of the molecule is CCCOc1c(F)cc(OC)cc1F. The number of rotatable bonds is 4. The van der Waals surface area contributed by atoms with Crippen molar-refractivity contribution in [3.8, 4) is 11.5 Å². The number of benzene rings is 1. The van der Waals surface area contributed by atoms with Gasteiger partial charge in [0.05, 0.1) is 13.7 Å². The Morgan fingerprint density at radius 1 is 1.21 bits per heavy atom. The van der Waals surface area contributed by atoms with Crippen molar-refractivity contribution in [3.05, 3.63) is 23.8 Å². The van der Waals surface area contributed by atoms with E-state index in [1.165, 1.54) is 7.11 Å². The van der Waals surface area contributed by atoms with E-state index in [9.17, 15) is 8.78 Å². The van der Waals surface area contributed by atoms with Crippen LogP contribution in [-0.2, 0) is 0 Å². The molecule has 0 saturated heterocycles. The molecule has 0 atom stereocenters. The Hall–Kier alpha value is -1.32. The van der Waals surface area contributed by atoms with Crippen LogP contribution in [0.3, 0.4) is 0 Å². The summed E-state index contributed by atoms with van der Waals surface area (Å²) in [5.41, 5.74) is 0. The predicted octanol–water partition coefficient (Wildman–Crippen LogP) is 2.76. The van der Waals surface area contributed by atoms with Crippen molar-refractivity contribution in [1.29, 1.82) is 0 Å². The van der Waals surface area contributed by atoms with Gasteiger partial charge in [0.15, 0.2) is 17.4 Å². The standard InChI is InChI=1S/C10H12F2O2/c1-3-4-14-10-8(11)5-7(13-2)6-9(10)12/h5-6H,3-4H2,1-2H3. The molecular weight excluding hydrogens is 190 g/mol. The molecule has 1 aromatic carbocycles. The lowest BCUT2D eigenvalue weighted by atomic mass is 10.3. The Labute approximate surface area is 81.4 Å². The average Bonchev–Trinajstić information content (AvgIpc) is 2.16. The van der Waals surface area contributed by atoms with Gasteiger partial charge in [-0.1, -0.05) is 6.92 Å². The van der Waals surface area contributed by atoms with Crippen molar-refractivity contribution >= 4 is 0 Å². The van der Waals surface area contributed by atoms with Crippen LogP contribution in [0.2, 0.25) is 0 Å². The molecular formula is C10H12F2O2. The minimum absolute atomic E-state index is 0.142. The molecule has 0 fully saturated rings. The first-order valence-electron chi connectivity index (χ1n) is 4.34. The van der Waals surface area contributed by atoms with Gasteiger partial charge in [-0.15, -0.1) is 0 Å². The molecule has 14 heavy (non-hydrogen) atoms. The molecule has 1 rings (SSSR count). The highest BCUT2D eigenvalue weighted by Gasteiger charge is 2.12. The lowest BCUT2D eigenvalue weighted by Gasteiger charge is -2.08. The molecule has 0 aromatic heterocycles. The monoisotopic (exact) mass is 202 g/mol. The summed E-state index contributed by atoms with van der Waals surface area (Å²) in [6.07, 6.45) is 0.699. The molecule has 0 heterocycles.